The monoisotopic (exact) mass is 306 g/mol. The minimum atomic E-state index is -0.271. The molecule has 0 spiro atoms. The molecule has 0 aliphatic carbocycles. The van der Waals surface area contributed by atoms with Crippen LogP contribution in [0.5, 0.6) is 0 Å². The molecule has 4 nitrogen and oxygen atoms in total. The zero-order valence-electron chi connectivity index (χ0n) is 8.03. The number of aromatic nitrogens is 1. The first-order chi connectivity index (χ1) is 6.63. The maximum Gasteiger partial charge on any atom is 0.332 e. The Hall–Kier alpha value is -0.850. The molecule has 1 rings (SSSR count). The van der Waals surface area contributed by atoms with Crippen LogP contribution in [-0.4, -0.2) is 18.0 Å². The molecule has 0 N–H and O–H groups in total. The second-order valence-corrected chi connectivity index (χ2v) is 3.89. The molecule has 0 radical (unpaired) electrons. The Morgan fingerprint density at radius 3 is 2.86 bits per heavy atom. The number of hydroxylamine groups is 1. The fourth-order valence-electron chi connectivity index (χ4n) is 0.818. The minimum absolute atomic E-state index is 0.271. The maximum atomic E-state index is 11.0. The van der Waals surface area contributed by atoms with Crippen LogP contribution in [0.3, 0.4) is 0 Å². The van der Waals surface area contributed by atoms with Gasteiger partial charge in [-0.25, -0.2) is 9.78 Å². The summed E-state index contributed by atoms with van der Waals surface area (Å²) in [5.74, 6) is 0.347. The fraction of sp³-hybridized carbons (Fsp3) is 0.333. The summed E-state index contributed by atoms with van der Waals surface area (Å²) >= 11 is 2.16. The average molecular weight is 306 g/mol. The molecule has 5 heteroatoms. The van der Waals surface area contributed by atoms with Crippen LogP contribution in [0.1, 0.15) is 13.3 Å². The van der Waals surface area contributed by atoms with Crippen molar-refractivity contribution >= 4 is 34.4 Å². The standard InChI is InChI=1S/C9H11IN2O2/c1-3-9(13)14-12(2)8-5-4-7(10)6-11-8/h4-6H,3H2,1-2H3. The van der Waals surface area contributed by atoms with Crippen molar-refractivity contribution in [2.75, 3.05) is 12.1 Å². The van der Waals surface area contributed by atoms with E-state index in [1.165, 1.54) is 5.06 Å². The van der Waals surface area contributed by atoms with Crippen molar-refractivity contribution in [3.8, 4) is 0 Å². The van der Waals surface area contributed by atoms with E-state index in [-0.39, 0.29) is 5.97 Å². The average Bonchev–Trinajstić information content (AvgIpc) is 2.18. The molecule has 14 heavy (non-hydrogen) atoms. The first-order valence-corrected chi connectivity index (χ1v) is 5.27. The van der Waals surface area contributed by atoms with Crippen LogP contribution in [0.15, 0.2) is 18.3 Å². The van der Waals surface area contributed by atoms with E-state index in [4.69, 9.17) is 4.84 Å². The Bertz CT molecular complexity index is 313. The van der Waals surface area contributed by atoms with Crippen molar-refractivity contribution in [2.45, 2.75) is 13.3 Å². The van der Waals surface area contributed by atoms with E-state index < -0.39 is 0 Å². The summed E-state index contributed by atoms with van der Waals surface area (Å²) in [5.41, 5.74) is 0. The number of carbonyl (C=O) groups excluding carboxylic acids is 1. The van der Waals surface area contributed by atoms with Gasteiger partial charge in [-0.2, -0.15) is 5.06 Å². The lowest BCUT2D eigenvalue weighted by Crippen LogP contribution is -2.22. The third kappa shape index (κ3) is 3.13. The molecule has 0 aliphatic rings. The van der Waals surface area contributed by atoms with Gasteiger partial charge in [0.25, 0.3) is 0 Å². The summed E-state index contributed by atoms with van der Waals surface area (Å²) in [6.45, 7) is 1.75. The molecule has 0 saturated heterocycles. The van der Waals surface area contributed by atoms with Gasteiger partial charge in [-0.15, -0.1) is 0 Å². The molecule has 0 aromatic carbocycles. The van der Waals surface area contributed by atoms with Gasteiger partial charge in [0.2, 0.25) is 0 Å². The number of rotatable bonds is 3. The summed E-state index contributed by atoms with van der Waals surface area (Å²) in [4.78, 5) is 20.0. The summed E-state index contributed by atoms with van der Waals surface area (Å²) in [5, 5.41) is 1.36. The minimum Gasteiger partial charge on any atom is -0.340 e. The SMILES string of the molecule is CCC(=O)ON(C)c1ccc(I)cn1. The van der Waals surface area contributed by atoms with Gasteiger partial charge in [0, 0.05) is 23.2 Å². The van der Waals surface area contributed by atoms with E-state index in [2.05, 4.69) is 27.6 Å². The lowest BCUT2D eigenvalue weighted by atomic mass is 10.5. The van der Waals surface area contributed by atoms with Crippen molar-refractivity contribution in [2.24, 2.45) is 0 Å². The van der Waals surface area contributed by atoms with Crippen molar-refractivity contribution in [1.82, 2.24) is 4.98 Å². The van der Waals surface area contributed by atoms with Crippen molar-refractivity contribution in [3.63, 3.8) is 0 Å². The molecule has 1 aromatic rings. The molecule has 1 heterocycles. The topological polar surface area (TPSA) is 42.4 Å². The van der Waals surface area contributed by atoms with Crippen molar-refractivity contribution < 1.29 is 9.63 Å². The zero-order valence-corrected chi connectivity index (χ0v) is 10.2. The number of hydrogen-bond acceptors (Lipinski definition) is 4. The Morgan fingerprint density at radius 1 is 1.64 bits per heavy atom. The third-order valence-electron chi connectivity index (χ3n) is 1.56. The summed E-state index contributed by atoms with van der Waals surface area (Å²) in [6.07, 6.45) is 2.07. The molecular weight excluding hydrogens is 295 g/mol. The highest BCUT2D eigenvalue weighted by Gasteiger charge is 2.06. The van der Waals surface area contributed by atoms with Crippen LogP contribution < -0.4 is 5.06 Å². The van der Waals surface area contributed by atoms with E-state index in [1.807, 2.05) is 6.07 Å². The lowest BCUT2D eigenvalue weighted by Gasteiger charge is -2.16. The first-order valence-electron chi connectivity index (χ1n) is 4.19. The van der Waals surface area contributed by atoms with E-state index in [1.54, 1.807) is 26.2 Å². The van der Waals surface area contributed by atoms with Gasteiger partial charge in [-0.05, 0) is 34.7 Å². The lowest BCUT2D eigenvalue weighted by molar-refractivity contribution is -0.144. The predicted molar refractivity (Wildman–Crippen MR) is 61.7 cm³/mol. The highest BCUT2D eigenvalue weighted by atomic mass is 127. The highest BCUT2D eigenvalue weighted by molar-refractivity contribution is 14.1. The largest absolute Gasteiger partial charge is 0.340 e. The predicted octanol–water partition coefficient (Wildman–Crippen LogP) is 1.99. The Balaban J connectivity index is 2.65. The van der Waals surface area contributed by atoms with Gasteiger partial charge >= 0.3 is 5.97 Å². The van der Waals surface area contributed by atoms with Gasteiger partial charge in [-0.1, -0.05) is 6.92 Å². The van der Waals surface area contributed by atoms with E-state index in [0.717, 1.165) is 3.57 Å². The molecule has 0 saturated carbocycles. The molecule has 0 aliphatic heterocycles. The number of pyridine rings is 1. The number of anilines is 1. The molecule has 1 aromatic heterocycles. The van der Waals surface area contributed by atoms with Crippen LogP contribution in [0.4, 0.5) is 5.82 Å². The van der Waals surface area contributed by atoms with Crippen LogP contribution in [-0.2, 0) is 9.63 Å². The Labute approximate surface area is 96.4 Å². The van der Waals surface area contributed by atoms with Gasteiger partial charge in [0.05, 0.1) is 0 Å². The van der Waals surface area contributed by atoms with Crippen LogP contribution in [0.25, 0.3) is 0 Å². The van der Waals surface area contributed by atoms with E-state index in [9.17, 15) is 4.79 Å². The molecule has 0 unspecified atom stereocenters. The van der Waals surface area contributed by atoms with Gasteiger partial charge in [0.1, 0.15) is 0 Å². The molecule has 76 valence electrons. The summed E-state index contributed by atoms with van der Waals surface area (Å²) < 4.78 is 1.04. The van der Waals surface area contributed by atoms with Gasteiger partial charge < -0.3 is 4.84 Å². The third-order valence-corrected chi connectivity index (χ3v) is 2.20. The highest BCUT2D eigenvalue weighted by Crippen LogP contribution is 2.11. The fourth-order valence-corrected chi connectivity index (χ4v) is 1.14. The number of carbonyl (C=O) groups is 1. The van der Waals surface area contributed by atoms with Crippen molar-refractivity contribution in [1.29, 1.82) is 0 Å². The second kappa shape index (κ2) is 5.14. The second-order valence-electron chi connectivity index (χ2n) is 2.65. The van der Waals surface area contributed by atoms with E-state index in [0.29, 0.717) is 12.2 Å². The number of hydrogen-bond donors (Lipinski definition) is 0. The molecule has 0 amide bonds. The van der Waals surface area contributed by atoms with Gasteiger partial charge in [-0.3, -0.25) is 0 Å². The smallest absolute Gasteiger partial charge is 0.332 e. The zero-order chi connectivity index (χ0) is 10.6. The molecule has 0 fully saturated rings. The summed E-state index contributed by atoms with van der Waals surface area (Å²) in [7, 11) is 1.66. The quantitative estimate of drug-likeness (QED) is 0.633. The summed E-state index contributed by atoms with van der Waals surface area (Å²) in [6, 6.07) is 3.70. The maximum absolute atomic E-state index is 11.0. The Morgan fingerprint density at radius 2 is 2.36 bits per heavy atom. The normalized spacial score (nSPS) is 9.64. The van der Waals surface area contributed by atoms with E-state index >= 15 is 0 Å². The van der Waals surface area contributed by atoms with Crippen LogP contribution in [0.2, 0.25) is 0 Å². The van der Waals surface area contributed by atoms with Crippen LogP contribution in [0, 0.1) is 3.57 Å². The first kappa shape index (κ1) is 11.2. The Kier molecular flexibility index (Phi) is 4.12. The molecule has 0 atom stereocenters. The number of nitrogens with zero attached hydrogens (tertiary/aromatic N) is 2. The molecular formula is C9H11IN2O2. The number of halogens is 1. The van der Waals surface area contributed by atoms with Gasteiger partial charge in [0.15, 0.2) is 5.82 Å². The van der Waals surface area contributed by atoms with Crippen molar-refractivity contribution in [3.05, 3.63) is 21.9 Å². The van der Waals surface area contributed by atoms with Crippen LogP contribution >= 0.6 is 22.6 Å². The molecule has 0 bridgehead atoms.